The molecule has 9 nitrogen and oxygen atoms in total. The zero-order valence-corrected chi connectivity index (χ0v) is 15.7. The predicted octanol–water partition coefficient (Wildman–Crippen LogP) is 1.50. The van der Waals surface area contributed by atoms with Gasteiger partial charge in [-0.15, -0.1) is 0 Å². The number of Topliss-reactive ketones (excluding diaryl/α,β-unsaturated/α-hetero) is 1. The van der Waals surface area contributed by atoms with Crippen LogP contribution in [-0.4, -0.2) is 35.6 Å². The van der Waals surface area contributed by atoms with Crippen LogP contribution in [0.2, 0.25) is 0 Å². The number of nitrogens with two attached hydrogens (primary N) is 1. The van der Waals surface area contributed by atoms with E-state index in [1.165, 1.54) is 6.92 Å². The van der Waals surface area contributed by atoms with E-state index in [1.54, 1.807) is 24.3 Å². The van der Waals surface area contributed by atoms with E-state index in [1.807, 2.05) is 30.3 Å². The number of anilines is 2. The van der Waals surface area contributed by atoms with E-state index in [4.69, 9.17) is 5.73 Å². The number of amides is 2. The first kappa shape index (κ1) is 19.7. The minimum atomic E-state index is -0.894. The molecule has 1 heterocycles. The maximum atomic E-state index is 12.2. The largest absolute Gasteiger partial charge is 0.369 e. The van der Waals surface area contributed by atoms with Gasteiger partial charge in [-0.05, 0) is 43.3 Å². The van der Waals surface area contributed by atoms with Gasteiger partial charge in [0.15, 0.2) is 5.78 Å². The first-order valence-electron chi connectivity index (χ1n) is 8.86. The van der Waals surface area contributed by atoms with Crippen LogP contribution in [0, 0.1) is 0 Å². The summed E-state index contributed by atoms with van der Waals surface area (Å²) in [5, 5.41) is 8.04. The van der Waals surface area contributed by atoms with E-state index < -0.39 is 11.9 Å². The van der Waals surface area contributed by atoms with Gasteiger partial charge in [0.1, 0.15) is 6.04 Å². The Kier molecular flexibility index (Phi) is 5.98. The monoisotopic (exact) mass is 392 g/mol. The molecule has 1 atom stereocenters. The Bertz CT molecular complexity index is 983. The minimum Gasteiger partial charge on any atom is -0.369 e. The van der Waals surface area contributed by atoms with Crippen molar-refractivity contribution in [1.29, 1.82) is 0 Å². The van der Waals surface area contributed by atoms with E-state index in [0.29, 0.717) is 11.3 Å². The second-order valence-corrected chi connectivity index (χ2v) is 6.33. The number of nitrogens with one attached hydrogen (secondary N) is 3. The Hall–Kier alpha value is -4.01. The lowest BCUT2D eigenvalue weighted by molar-refractivity contribution is -0.123. The number of aliphatic imine (C=N–C) groups is 2. The molecule has 148 valence electrons. The molecule has 0 aromatic heterocycles. The molecule has 2 amide bonds. The van der Waals surface area contributed by atoms with Crippen LogP contribution in [0.3, 0.4) is 0 Å². The molecule has 1 aliphatic heterocycles. The second kappa shape index (κ2) is 8.79. The Morgan fingerprint density at radius 3 is 2.38 bits per heavy atom. The van der Waals surface area contributed by atoms with Crippen molar-refractivity contribution < 1.29 is 14.4 Å². The van der Waals surface area contributed by atoms with Gasteiger partial charge in [0, 0.05) is 16.9 Å². The van der Waals surface area contributed by atoms with Gasteiger partial charge in [0.25, 0.3) is 5.91 Å². The van der Waals surface area contributed by atoms with Crippen LogP contribution in [0.5, 0.6) is 0 Å². The first-order valence-corrected chi connectivity index (χ1v) is 8.86. The fourth-order valence-electron chi connectivity index (χ4n) is 2.61. The molecule has 1 aliphatic rings. The number of nitrogens with zero attached hydrogens (tertiary/aromatic N) is 2. The van der Waals surface area contributed by atoms with E-state index in [2.05, 4.69) is 25.9 Å². The molecule has 5 N–H and O–H groups in total. The number of carbonyl (C=O) groups excluding carboxylic acids is 3. The summed E-state index contributed by atoms with van der Waals surface area (Å²) < 4.78 is 0. The van der Waals surface area contributed by atoms with E-state index in [0.717, 1.165) is 5.69 Å². The molecular formula is C20H20N6O3. The quantitative estimate of drug-likeness (QED) is 0.347. The number of rotatable bonds is 5. The summed E-state index contributed by atoms with van der Waals surface area (Å²) in [6, 6.07) is 14.8. The molecule has 3 rings (SSSR count). The molecule has 0 radical (unpaired) electrons. The van der Waals surface area contributed by atoms with Crippen LogP contribution >= 0.6 is 0 Å². The van der Waals surface area contributed by atoms with Crippen LogP contribution < -0.4 is 21.7 Å². The van der Waals surface area contributed by atoms with Gasteiger partial charge < -0.3 is 16.4 Å². The fraction of sp³-hybridized carbons (Fsp3) is 0.150. The summed E-state index contributed by atoms with van der Waals surface area (Å²) in [5.41, 5.74) is 7.63. The third-order valence-corrected chi connectivity index (χ3v) is 4.04. The van der Waals surface area contributed by atoms with Crippen molar-refractivity contribution in [1.82, 2.24) is 5.32 Å². The van der Waals surface area contributed by atoms with Gasteiger partial charge >= 0.3 is 0 Å². The number of ketones is 1. The molecule has 0 fully saturated rings. The fourth-order valence-corrected chi connectivity index (χ4v) is 2.61. The highest BCUT2D eigenvalue weighted by atomic mass is 16.2. The average molecular weight is 392 g/mol. The zero-order valence-electron chi connectivity index (χ0n) is 15.7. The number of carbonyl (C=O) groups is 3. The predicted molar refractivity (Wildman–Crippen MR) is 111 cm³/mol. The lowest BCUT2D eigenvalue weighted by Gasteiger charge is -2.07. The van der Waals surface area contributed by atoms with Gasteiger partial charge in [-0.1, -0.05) is 18.2 Å². The number of hydrogen-bond acceptors (Lipinski definition) is 5. The van der Waals surface area contributed by atoms with Crippen molar-refractivity contribution >= 4 is 40.9 Å². The third kappa shape index (κ3) is 5.48. The van der Waals surface area contributed by atoms with E-state index in [-0.39, 0.29) is 30.0 Å². The summed E-state index contributed by atoms with van der Waals surface area (Å²) in [4.78, 5) is 43.7. The van der Waals surface area contributed by atoms with Crippen molar-refractivity contribution in [3.63, 3.8) is 0 Å². The SMILES string of the molecule is CC(=O)c1ccc(NC(=O)CC2N=C(/N=C(\N)Nc3ccccc3)NC2=O)cc1. The van der Waals surface area contributed by atoms with Gasteiger partial charge in [-0.25, -0.2) is 4.99 Å². The maximum Gasteiger partial charge on any atom is 0.252 e. The van der Waals surface area contributed by atoms with Crippen LogP contribution in [0.15, 0.2) is 64.6 Å². The van der Waals surface area contributed by atoms with Gasteiger partial charge in [-0.2, -0.15) is 4.99 Å². The Morgan fingerprint density at radius 2 is 1.72 bits per heavy atom. The normalized spacial score (nSPS) is 16.0. The molecule has 0 bridgehead atoms. The Labute approximate surface area is 167 Å². The molecule has 1 unspecified atom stereocenters. The highest BCUT2D eigenvalue weighted by molar-refractivity contribution is 6.11. The molecule has 2 aromatic rings. The summed E-state index contributed by atoms with van der Waals surface area (Å²) >= 11 is 0. The maximum absolute atomic E-state index is 12.2. The van der Waals surface area contributed by atoms with Gasteiger partial charge in [0.05, 0.1) is 6.42 Å². The van der Waals surface area contributed by atoms with Crippen molar-refractivity contribution in [2.75, 3.05) is 10.6 Å². The second-order valence-electron chi connectivity index (χ2n) is 6.33. The first-order chi connectivity index (χ1) is 13.9. The van der Waals surface area contributed by atoms with Crippen LogP contribution in [0.1, 0.15) is 23.7 Å². The van der Waals surface area contributed by atoms with Crippen molar-refractivity contribution in [2.45, 2.75) is 19.4 Å². The molecule has 29 heavy (non-hydrogen) atoms. The summed E-state index contributed by atoms with van der Waals surface area (Å²) in [7, 11) is 0. The van der Waals surface area contributed by atoms with Crippen molar-refractivity contribution in [2.24, 2.45) is 15.7 Å². The standard InChI is InChI=1S/C20H20N6O3/c1-12(27)13-7-9-15(10-8-13)22-17(28)11-16-18(29)25-20(24-16)26-19(21)23-14-5-3-2-4-6-14/h2-10,16H,11H2,1H3,(H,22,28)(H4,21,23,24,25,26,29). The number of para-hydroxylation sites is 1. The van der Waals surface area contributed by atoms with Crippen LogP contribution in [0.25, 0.3) is 0 Å². The summed E-state index contributed by atoms with van der Waals surface area (Å²) in [6.07, 6.45) is -0.147. The van der Waals surface area contributed by atoms with Crippen LogP contribution in [-0.2, 0) is 9.59 Å². The Balaban J connectivity index is 1.58. The molecule has 2 aromatic carbocycles. The zero-order chi connectivity index (χ0) is 20.8. The lowest BCUT2D eigenvalue weighted by atomic mass is 10.1. The average Bonchev–Trinajstić information content (AvgIpc) is 3.01. The number of hydrogen-bond donors (Lipinski definition) is 4. The summed E-state index contributed by atoms with van der Waals surface area (Å²) in [5.74, 6) is -0.775. The molecule has 0 saturated carbocycles. The smallest absolute Gasteiger partial charge is 0.252 e. The highest BCUT2D eigenvalue weighted by Gasteiger charge is 2.28. The third-order valence-electron chi connectivity index (χ3n) is 4.04. The van der Waals surface area contributed by atoms with Gasteiger partial charge in [0.2, 0.25) is 17.8 Å². The molecule has 0 aliphatic carbocycles. The molecular weight excluding hydrogens is 372 g/mol. The minimum absolute atomic E-state index is 0.0412. The lowest BCUT2D eigenvalue weighted by Crippen LogP contribution is -2.32. The topological polar surface area (TPSA) is 138 Å². The molecule has 9 heteroatoms. The number of guanidine groups is 2. The highest BCUT2D eigenvalue weighted by Crippen LogP contribution is 2.13. The molecule has 0 spiro atoms. The van der Waals surface area contributed by atoms with E-state index >= 15 is 0 Å². The summed E-state index contributed by atoms with van der Waals surface area (Å²) in [6.45, 7) is 1.46. The van der Waals surface area contributed by atoms with E-state index in [9.17, 15) is 14.4 Å². The van der Waals surface area contributed by atoms with Crippen LogP contribution in [0.4, 0.5) is 11.4 Å². The van der Waals surface area contributed by atoms with Crippen molar-refractivity contribution in [3.05, 3.63) is 60.2 Å². The molecule has 0 saturated heterocycles. The van der Waals surface area contributed by atoms with Gasteiger partial charge in [-0.3, -0.25) is 19.7 Å². The Morgan fingerprint density at radius 1 is 1.07 bits per heavy atom. The number of benzene rings is 2. The van der Waals surface area contributed by atoms with Crippen molar-refractivity contribution in [3.8, 4) is 0 Å².